The van der Waals surface area contributed by atoms with E-state index in [2.05, 4.69) is 20.9 Å². The SMILES string of the molecule is OCc1cc(F)cnc1OCc1ccccc1Br. The van der Waals surface area contributed by atoms with Crippen molar-refractivity contribution in [1.29, 1.82) is 0 Å². The van der Waals surface area contributed by atoms with Crippen molar-refractivity contribution >= 4 is 15.9 Å². The van der Waals surface area contributed by atoms with Crippen LogP contribution < -0.4 is 4.74 Å². The number of pyridine rings is 1. The molecule has 2 aromatic rings. The third-order valence-corrected chi connectivity index (χ3v) is 3.16. The molecule has 0 aliphatic rings. The van der Waals surface area contributed by atoms with Gasteiger partial charge in [-0.25, -0.2) is 9.37 Å². The van der Waals surface area contributed by atoms with Crippen molar-refractivity contribution in [2.75, 3.05) is 0 Å². The van der Waals surface area contributed by atoms with Gasteiger partial charge in [-0.3, -0.25) is 0 Å². The van der Waals surface area contributed by atoms with Gasteiger partial charge in [0.15, 0.2) is 0 Å². The zero-order chi connectivity index (χ0) is 13.0. The molecule has 0 aliphatic heterocycles. The summed E-state index contributed by atoms with van der Waals surface area (Å²) in [5.74, 6) is -0.248. The number of aliphatic hydroxyl groups is 1. The molecule has 3 nitrogen and oxygen atoms in total. The average molecular weight is 312 g/mol. The van der Waals surface area contributed by atoms with Crippen molar-refractivity contribution in [2.45, 2.75) is 13.2 Å². The lowest BCUT2D eigenvalue weighted by atomic mass is 10.2. The van der Waals surface area contributed by atoms with Gasteiger partial charge in [-0.05, 0) is 12.1 Å². The van der Waals surface area contributed by atoms with Crippen LogP contribution >= 0.6 is 15.9 Å². The van der Waals surface area contributed by atoms with E-state index in [9.17, 15) is 4.39 Å². The highest BCUT2D eigenvalue weighted by Crippen LogP contribution is 2.20. The highest BCUT2D eigenvalue weighted by Gasteiger charge is 2.07. The number of halogens is 2. The summed E-state index contributed by atoms with van der Waals surface area (Å²) in [4.78, 5) is 3.82. The Morgan fingerprint density at radius 1 is 1.28 bits per heavy atom. The molecular formula is C13H11BrFNO2. The van der Waals surface area contributed by atoms with Gasteiger partial charge in [0.1, 0.15) is 12.4 Å². The Hall–Kier alpha value is -1.46. The van der Waals surface area contributed by atoms with Gasteiger partial charge >= 0.3 is 0 Å². The summed E-state index contributed by atoms with van der Waals surface area (Å²) in [5, 5.41) is 9.10. The van der Waals surface area contributed by atoms with E-state index in [1.165, 1.54) is 6.07 Å². The fourth-order valence-corrected chi connectivity index (χ4v) is 1.87. The fraction of sp³-hybridized carbons (Fsp3) is 0.154. The third-order valence-electron chi connectivity index (χ3n) is 2.38. The number of aromatic nitrogens is 1. The van der Waals surface area contributed by atoms with Gasteiger partial charge in [0.2, 0.25) is 5.88 Å². The van der Waals surface area contributed by atoms with E-state index in [-0.39, 0.29) is 12.5 Å². The molecule has 0 radical (unpaired) electrons. The number of hydrogen-bond acceptors (Lipinski definition) is 3. The maximum absolute atomic E-state index is 12.9. The maximum atomic E-state index is 12.9. The molecule has 5 heteroatoms. The van der Waals surface area contributed by atoms with Crippen LogP contribution in [0.15, 0.2) is 41.0 Å². The van der Waals surface area contributed by atoms with E-state index in [1.807, 2.05) is 24.3 Å². The molecule has 94 valence electrons. The molecule has 1 aromatic carbocycles. The van der Waals surface area contributed by atoms with Crippen molar-refractivity contribution in [3.8, 4) is 5.88 Å². The van der Waals surface area contributed by atoms with Crippen LogP contribution in [0.3, 0.4) is 0 Å². The normalized spacial score (nSPS) is 10.4. The highest BCUT2D eigenvalue weighted by molar-refractivity contribution is 9.10. The Morgan fingerprint density at radius 3 is 2.78 bits per heavy atom. The van der Waals surface area contributed by atoms with E-state index in [4.69, 9.17) is 9.84 Å². The minimum absolute atomic E-state index is 0.245. The van der Waals surface area contributed by atoms with Crippen LogP contribution in [0.4, 0.5) is 4.39 Å². The Labute approximate surface area is 112 Å². The molecule has 0 amide bonds. The van der Waals surface area contributed by atoms with E-state index in [0.29, 0.717) is 12.2 Å². The van der Waals surface area contributed by atoms with Crippen LogP contribution in [0.25, 0.3) is 0 Å². The predicted octanol–water partition coefficient (Wildman–Crippen LogP) is 3.05. The van der Waals surface area contributed by atoms with E-state index < -0.39 is 5.82 Å². The van der Waals surface area contributed by atoms with Gasteiger partial charge in [-0.2, -0.15) is 0 Å². The van der Waals surface area contributed by atoms with Gasteiger partial charge in [-0.15, -0.1) is 0 Å². The van der Waals surface area contributed by atoms with Crippen molar-refractivity contribution in [2.24, 2.45) is 0 Å². The molecule has 0 unspecified atom stereocenters. The van der Waals surface area contributed by atoms with Crippen LogP contribution in [-0.4, -0.2) is 10.1 Å². The van der Waals surface area contributed by atoms with Crippen LogP contribution in [-0.2, 0) is 13.2 Å². The molecule has 1 heterocycles. The van der Waals surface area contributed by atoms with Crippen LogP contribution in [0.5, 0.6) is 5.88 Å². The number of benzene rings is 1. The summed E-state index contributed by atoms with van der Waals surface area (Å²) in [7, 11) is 0. The lowest BCUT2D eigenvalue weighted by molar-refractivity contribution is 0.251. The van der Waals surface area contributed by atoms with E-state index in [0.717, 1.165) is 16.2 Å². The molecule has 2 rings (SSSR count). The number of hydrogen-bond donors (Lipinski definition) is 1. The van der Waals surface area contributed by atoms with Crippen LogP contribution in [0.2, 0.25) is 0 Å². The van der Waals surface area contributed by atoms with E-state index in [1.54, 1.807) is 0 Å². The van der Waals surface area contributed by atoms with Crippen LogP contribution in [0, 0.1) is 5.82 Å². The minimum Gasteiger partial charge on any atom is -0.472 e. The Kier molecular flexibility index (Phi) is 4.28. The maximum Gasteiger partial charge on any atom is 0.219 e. The largest absolute Gasteiger partial charge is 0.472 e. The van der Waals surface area contributed by atoms with Gasteiger partial charge in [-0.1, -0.05) is 34.1 Å². The first-order valence-electron chi connectivity index (χ1n) is 5.32. The smallest absolute Gasteiger partial charge is 0.219 e. The quantitative estimate of drug-likeness (QED) is 0.943. The lowest BCUT2D eigenvalue weighted by Gasteiger charge is -2.09. The Balaban J connectivity index is 2.13. The second-order valence-corrected chi connectivity index (χ2v) is 4.51. The summed E-state index contributed by atoms with van der Waals surface area (Å²) < 4.78 is 19.3. The minimum atomic E-state index is -0.493. The molecule has 1 aromatic heterocycles. The topological polar surface area (TPSA) is 42.4 Å². The van der Waals surface area contributed by atoms with Crippen molar-refractivity contribution < 1.29 is 14.2 Å². The first-order valence-corrected chi connectivity index (χ1v) is 6.11. The summed E-state index contributed by atoms with van der Waals surface area (Å²) >= 11 is 3.41. The molecule has 0 spiro atoms. The second kappa shape index (κ2) is 5.93. The lowest BCUT2D eigenvalue weighted by Crippen LogP contribution is -2.02. The van der Waals surface area contributed by atoms with Gasteiger partial charge in [0.25, 0.3) is 0 Å². The molecular weight excluding hydrogens is 301 g/mol. The molecule has 0 atom stereocenters. The molecule has 0 fully saturated rings. The van der Waals surface area contributed by atoms with Gasteiger partial charge in [0, 0.05) is 15.6 Å². The average Bonchev–Trinajstić information content (AvgIpc) is 2.39. The third kappa shape index (κ3) is 3.05. The zero-order valence-corrected chi connectivity index (χ0v) is 11.0. The zero-order valence-electron chi connectivity index (χ0n) is 9.44. The number of rotatable bonds is 4. The molecule has 0 bridgehead atoms. The molecule has 0 aliphatic carbocycles. The van der Waals surface area contributed by atoms with E-state index >= 15 is 0 Å². The number of nitrogens with zero attached hydrogens (tertiary/aromatic N) is 1. The molecule has 1 N–H and O–H groups in total. The molecule has 0 saturated heterocycles. The summed E-state index contributed by atoms with van der Waals surface area (Å²) in [6.45, 7) is -0.0108. The second-order valence-electron chi connectivity index (χ2n) is 3.66. The van der Waals surface area contributed by atoms with Gasteiger partial charge < -0.3 is 9.84 Å². The molecule has 18 heavy (non-hydrogen) atoms. The summed E-state index contributed by atoms with van der Waals surface area (Å²) in [6, 6.07) is 8.83. The standard InChI is InChI=1S/C13H11BrFNO2/c14-12-4-2-1-3-9(12)8-18-13-10(7-17)5-11(15)6-16-13/h1-6,17H,7-8H2. The predicted molar refractivity (Wildman–Crippen MR) is 68.6 cm³/mol. The first kappa shape index (κ1) is 13.0. The molecule has 0 saturated carbocycles. The monoisotopic (exact) mass is 311 g/mol. The fourth-order valence-electron chi connectivity index (χ4n) is 1.47. The summed E-state index contributed by atoms with van der Waals surface area (Å²) in [6.07, 6.45) is 1.06. The highest BCUT2D eigenvalue weighted by atomic mass is 79.9. The van der Waals surface area contributed by atoms with Crippen molar-refractivity contribution in [1.82, 2.24) is 4.98 Å². The Morgan fingerprint density at radius 2 is 2.06 bits per heavy atom. The number of ether oxygens (including phenoxy) is 1. The van der Waals surface area contributed by atoms with Crippen molar-refractivity contribution in [3.05, 3.63) is 57.9 Å². The van der Waals surface area contributed by atoms with Gasteiger partial charge in [0.05, 0.1) is 12.8 Å². The Bertz CT molecular complexity index is 548. The van der Waals surface area contributed by atoms with Crippen LogP contribution in [0.1, 0.15) is 11.1 Å². The number of aliphatic hydroxyl groups excluding tert-OH is 1. The summed E-state index contributed by atoms with van der Waals surface area (Å²) in [5.41, 5.74) is 1.29. The first-order chi connectivity index (χ1) is 8.70. The van der Waals surface area contributed by atoms with Crippen molar-refractivity contribution in [3.63, 3.8) is 0 Å².